The molecule has 0 saturated carbocycles. The van der Waals surface area contributed by atoms with Crippen molar-refractivity contribution in [1.82, 2.24) is 10.3 Å². The van der Waals surface area contributed by atoms with E-state index in [1.54, 1.807) is 17.4 Å². The molecule has 0 aliphatic heterocycles. The van der Waals surface area contributed by atoms with Crippen molar-refractivity contribution >= 4 is 23.3 Å². The number of aromatic nitrogens is 1. The van der Waals surface area contributed by atoms with Gasteiger partial charge in [-0.15, -0.1) is 11.3 Å². The normalized spacial score (nSPS) is 12.8. The summed E-state index contributed by atoms with van der Waals surface area (Å²) in [5, 5.41) is 14.7. The Kier molecular flexibility index (Phi) is 7.36. The van der Waals surface area contributed by atoms with Crippen LogP contribution < -0.4 is 5.32 Å². The van der Waals surface area contributed by atoms with E-state index >= 15 is 0 Å². The first kappa shape index (κ1) is 15.9. The summed E-state index contributed by atoms with van der Waals surface area (Å²) in [6.45, 7) is 4.84. The number of hydrogen-bond acceptors (Lipinski definition) is 4. The summed E-state index contributed by atoms with van der Waals surface area (Å²) in [5.74, 6) is 0.249. The minimum atomic E-state index is -0.107. The lowest BCUT2D eigenvalue weighted by Crippen LogP contribution is -2.28. The number of nitrogens with zero attached hydrogens (tertiary/aromatic N) is 1. The molecule has 19 heavy (non-hydrogen) atoms. The number of amides is 1. The summed E-state index contributed by atoms with van der Waals surface area (Å²) in [6, 6.07) is 0. The highest BCUT2D eigenvalue weighted by Gasteiger charge is 2.08. The van der Waals surface area contributed by atoms with Gasteiger partial charge in [-0.2, -0.15) is 0 Å². The fraction of sp³-hybridized carbons (Fsp3) is 0.571. The smallest absolute Gasteiger partial charge is 0.244 e. The molecule has 0 spiro atoms. The molecule has 0 bridgehead atoms. The highest BCUT2D eigenvalue weighted by molar-refractivity contribution is 7.09. The lowest BCUT2D eigenvalue weighted by atomic mass is 10.0. The van der Waals surface area contributed by atoms with Crippen LogP contribution in [0.25, 0.3) is 6.08 Å². The Morgan fingerprint density at radius 2 is 2.37 bits per heavy atom. The van der Waals surface area contributed by atoms with Crippen molar-refractivity contribution < 1.29 is 9.90 Å². The van der Waals surface area contributed by atoms with Crippen LogP contribution >= 0.6 is 11.3 Å². The number of thiazole rings is 1. The third-order valence-corrected chi connectivity index (χ3v) is 3.63. The second kappa shape index (κ2) is 8.82. The SMILES string of the molecule is CCCC(CCO)CNC(=O)/C=C/c1csc(C)n1. The van der Waals surface area contributed by atoms with Gasteiger partial charge in [0.1, 0.15) is 0 Å². The first-order valence-electron chi connectivity index (χ1n) is 6.64. The number of hydrogen-bond donors (Lipinski definition) is 2. The zero-order chi connectivity index (χ0) is 14.1. The van der Waals surface area contributed by atoms with Gasteiger partial charge < -0.3 is 10.4 Å². The molecule has 1 unspecified atom stereocenters. The van der Waals surface area contributed by atoms with Gasteiger partial charge in [0.15, 0.2) is 0 Å². The zero-order valence-electron chi connectivity index (χ0n) is 11.6. The van der Waals surface area contributed by atoms with Crippen molar-refractivity contribution in [2.24, 2.45) is 5.92 Å². The molecular formula is C14H22N2O2S. The molecule has 1 amide bonds. The summed E-state index contributed by atoms with van der Waals surface area (Å²) >= 11 is 1.57. The van der Waals surface area contributed by atoms with E-state index in [0.717, 1.165) is 30.0 Å². The number of carbonyl (C=O) groups excluding carboxylic acids is 1. The predicted octanol–water partition coefficient (Wildman–Crippen LogP) is 2.38. The molecule has 0 aliphatic rings. The average molecular weight is 282 g/mol. The number of aryl methyl sites for hydroxylation is 1. The minimum absolute atomic E-state index is 0.107. The number of aliphatic hydroxyl groups excluding tert-OH is 1. The van der Waals surface area contributed by atoms with Crippen LogP contribution in [0.4, 0.5) is 0 Å². The molecule has 0 radical (unpaired) electrons. The Morgan fingerprint density at radius 3 is 2.95 bits per heavy atom. The molecule has 0 saturated heterocycles. The topological polar surface area (TPSA) is 62.2 Å². The predicted molar refractivity (Wildman–Crippen MR) is 79.0 cm³/mol. The van der Waals surface area contributed by atoms with Crippen LogP contribution in [-0.2, 0) is 4.79 Å². The summed E-state index contributed by atoms with van der Waals surface area (Å²) in [7, 11) is 0. The van der Waals surface area contributed by atoms with Gasteiger partial charge in [0.25, 0.3) is 0 Å². The zero-order valence-corrected chi connectivity index (χ0v) is 12.4. The quantitative estimate of drug-likeness (QED) is 0.720. The van der Waals surface area contributed by atoms with Crippen LogP contribution in [-0.4, -0.2) is 29.1 Å². The molecule has 1 atom stereocenters. The average Bonchev–Trinajstić information content (AvgIpc) is 2.80. The molecular weight excluding hydrogens is 260 g/mol. The molecule has 106 valence electrons. The van der Waals surface area contributed by atoms with E-state index in [-0.39, 0.29) is 12.5 Å². The van der Waals surface area contributed by atoms with E-state index in [4.69, 9.17) is 5.11 Å². The van der Waals surface area contributed by atoms with Crippen LogP contribution in [0.2, 0.25) is 0 Å². The number of carbonyl (C=O) groups is 1. The fourth-order valence-electron chi connectivity index (χ4n) is 1.86. The molecule has 2 N–H and O–H groups in total. The third kappa shape index (κ3) is 6.50. The lowest BCUT2D eigenvalue weighted by molar-refractivity contribution is -0.116. The maximum atomic E-state index is 11.7. The maximum absolute atomic E-state index is 11.7. The van der Waals surface area contributed by atoms with Gasteiger partial charge in [-0.3, -0.25) is 4.79 Å². The first-order chi connectivity index (χ1) is 9.15. The summed E-state index contributed by atoms with van der Waals surface area (Å²) in [4.78, 5) is 15.9. The summed E-state index contributed by atoms with van der Waals surface area (Å²) in [5.41, 5.74) is 0.818. The fourth-order valence-corrected chi connectivity index (χ4v) is 2.44. The van der Waals surface area contributed by atoms with E-state index in [1.165, 1.54) is 6.08 Å². The van der Waals surface area contributed by atoms with E-state index in [9.17, 15) is 4.79 Å². The standard InChI is InChI=1S/C14H22N2O2S/c1-3-4-12(7-8-17)9-15-14(18)6-5-13-10-19-11(2)16-13/h5-6,10,12,17H,3-4,7-9H2,1-2H3,(H,15,18)/b6-5+. The van der Waals surface area contributed by atoms with Gasteiger partial charge in [-0.05, 0) is 31.8 Å². The molecule has 1 aromatic heterocycles. The van der Waals surface area contributed by atoms with E-state index in [1.807, 2.05) is 12.3 Å². The van der Waals surface area contributed by atoms with Crippen molar-refractivity contribution in [3.8, 4) is 0 Å². The maximum Gasteiger partial charge on any atom is 0.244 e. The highest BCUT2D eigenvalue weighted by atomic mass is 32.1. The molecule has 0 aliphatic carbocycles. The largest absolute Gasteiger partial charge is 0.396 e. The van der Waals surface area contributed by atoms with Gasteiger partial charge in [0.2, 0.25) is 5.91 Å². The van der Waals surface area contributed by atoms with Crippen LogP contribution in [0.3, 0.4) is 0 Å². The third-order valence-electron chi connectivity index (χ3n) is 2.84. The van der Waals surface area contributed by atoms with Crippen LogP contribution in [0, 0.1) is 12.8 Å². The van der Waals surface area contributed by atoms with Crippen molar-refractivity contribution in [1.29, 1.82) is 0 Å². The van der Waals surface area contributed by atoms with Crippen molar-refractivity contribution in [3.05, 3.63) is 22.2 Å². The second-order valence-corrected chi connectivity index (χ2v) is 5.60. The van der Waals surface area contributed by atoms with Gasteiger partial charge in [0, 0.05) is 24.6 Å². The van der Waals surface area contributed by atoms with Gasteiger partial charge in [-0.1, -0.05) is 13.3 Å². The van der Waals surface area contributed by atoms with Gasteiger partial charge in [0.05, 0.1) is 10.7 Å². The van der Waals surface area contributed by atoms with Crippen molar-refractivity contribution in [2.75, 3.05) is 13.2 Å². The first-order valence-corrected chi connectivity index (χ1v) is 7.52. The Bertz CT molecular complexity index is 409. The minimum Gasteiger partial charge on any atom is -0.396 e. The van der Waals surface area contributed by atoms with E-state index < -0.39 is 0 Å². The van der Waals surface area contributed by atoms with Crippen LogP contribution in [0.1, 0.15) is 36.9 Å². The number of aliphatic hydroxyl groups is 1. The highest BCUT2D eigenvalue weighted by Crippen LogP contribution is 2.10. The van der Waals surface area contributed by atoms with Crippen LogP contribution in [0.5, 0.6) is 0 Å². The molecule has 1 aromatic rings. The van der Waals surface area contributed by atoms with Crippen LogP contribution in [0.15, 0.2) is 11.5 Å². The molecule has 0 aromatic carbocycles. The molecule has 5 heteroatoms. The number of nitrogens with one attached hydrogen (secondary N) is 1. The molecule has 0 fully saturated rings. The summed E-state index contributed by atoms with van der Waals surface area (Å²) < 4.78 is 0. The molecule has 1 rings (SSSR count). The molecule has 1 heterocycles. The van der Waals surface area contributed by atoms with E-state index in [0.29, 0.717) is 12.5 Å². The Balaban J connectivity index is 2.35. The monoisotopic (exact) mass is 282 g/mol. The van der Waals surface area contributed by atoms with E-state index in [2.05, 4.69) is 17.2 Å². The summed E-state index contributed by atoms with van der Waals surface area (Å²) in [6.07, 6.45) is 6.06. The Hall–Kier alpha value is -1.20. The Labute approximate surface area is 118 Å². The van der Waals surface area contributed by atoms with Gasteiger partial charge >= 0.3 is 0 Å². The lowest BCUT2D eigenvalue weighted by Gasteiger charge is -2.14. The number of rotatable bonds is 8. The second-order valence-electron chi connectivity index (χ2n) is 4.54. The van der Waals surface area contributed by atoms with Crippen molar-refractivity contribution in [2.45, 2.75) is 33.1 Å². The Morgan fingerprint density at radius 1 is 1.58 bits per heavy atom. The molecule has 4 nitrogen and oxygen atoms in total. The van der Waals surface area contributed by atoms with Gasteiger partial charge in [-0.25, -0.2) is 4.98 Å². The van der Waals surface area contributed by atoms with Crippen molar-refractivity contribution in [3.63, 3.8) is 0 Å².